The van der Waals surface area contributed by atoms with Crippen LogP contribution in [0.4, 0.5) is 5.69 Å². The molecule has 2 atom stereocenters. The minimum atomic E-state index is 0.425. The van der Waals surface area contributed by atoms with Crippen molar-refractivity contribution in [1.82, 2.24) is 4.90 Å². The van der Waals surface area contributed by atoms with Crippen LogP contribution in [0.5, 0.6) is 0 Å². The zero-order valence-electron chi connectivity index (χ0n) is 10.7. The van der Waals surface area contributed by atoms with Gasteiger partial charge in [0.1, 0.15) is 0 Å². The van der Waals surface area contributed by atoms with Gasteiger partial charge in [-0.05, 0) is 31.4 Å². The van der Waals surface area contributed by atoms with E-state index in [9.17, 15) is 0 Å². The van der Waals surface area contributed by atoms with E-state index in [1.54, 1.807) is 0 Å². The molecule has 94 valence electrons. The van der Waals surface area contributed by atoms with E-state index in [2.05, 4.69) is 24.0 Å². The number of piperidine rings is 1. The van der Waals surface area contributed by atoms with Crippen molar-refractivity contribution in [3.05, 3.63) is 29.8 Å². The number of hydrogen-bond donors (Lipinski definition) is 1. The van der Waals surface area contributed by atoms with Crippen molar-refractivity contribution in [3.8, 4) is 0 Å². The minimum absolute atomic E-state index is 0.425. The normalized spacial score (nSPS) is 26.0. The van der Waals surface area contributed by atoms with E-state index in [1.807, 2.05) is 19.2 Å². The van der Waals surface area contributed by atoms with Gasteiger partial charge in [0, 0.05) is 31.9 Å². The third kappa shape index (κ3) is 2.99. The van der Waals surface area contributed by atoms with Crippen LogP contribution in [0.25, 0.3) is 0 Å². The van der Waals surface area contributed by atoms with Gasteiger partial charge in [-0.15, -0.1) is 0 Å². The third-order valence-corrected chi connectivity index (χ3v) is 3.73. The largest absolute Gasteiger partial charge is 0.398 e. The zero-order valence-corrected chi connectivity index (χ0v) is 10.7. The van der Waals surface area contributed by atoms with E-state index >= 15 is 0 Å². The molecule has 0 aliphatic carbocycles. The summed E-state index contributed by atoms with van der Waals surface area (Å²) >= 11 is 0. The molecular formula is C14H22N2O. The second-order valence-corrected chi connectivity index (χ2v) is 4.90. The van der Waals surface area contributed by atoms with E-state index in [4.69, 9.17) is 10.5 Å². The summed E-state index contributed by atoms with van der Waals surface area (Å²) in [6.45, 7) is 4.31. The summed E-state index contributed by atoms with van der Waals surface area (Å²) in [5.41, 5.74) is 8.11. The van der Waals surface area contributed by atoms with E-state index in [1.165, 1.54) is 5.56 Å². The molecule has 3 heteroatoms. The summed E-state index contributed by atoms with van der Waals surface area (Å²) in [6.07, 6.45) is 2.66. The van der Waals surface area contributed by atoms with Crippen LogP contribution < -0.4 is 5.73 Å². The SMILES string of the molecule is COC1CCN(Cc2ccccc2N)C(C)C1. The lowest BCUT2D eigenvalue weighted by atomic mass is 9.99. The van der Waals surface area contributed by atoms with E-state index in [0.29, 0.717) is 12.1 Å². The number of rotatable bonds is 3. The fourth-order valence-electron chi connectivity index (χ4n) is 2.52. The summed E-state index contributed by atoms with van der Waals surface area (Å²) in [4.78, 5) is 2.49. The predicted molar refractivity (Wildman–Crippen MR) is 70.8 cm³/mol. The van der Waals surface area contributed by atoms with Crippen molar-refractivity contribution < 1.29 is 4.74 Å². The van der Waals surface area contributed by atoms with E-state index in [0.717, 1.165) is 31.6 Å². The molecule has 0 spiro atoms. The Hall–Kier alpha value is -1.06. The molecule has 1 aliphatic heterocycles. The van der Waals surface area contributed by atoms with Gasteiger partial charge in [-0.3, -0.25) is 4.90 Å². The fraction of sp³-hybridized carbons (Fsp3) is 0.571. The maximum Gasteiger partial charge on any atom is 0.0598 e. The number of anilines is 1. The third-order valence-electron chi connectivity index (χ3n) is 3.73. The van der Waals surface area contributed by atoms with Crippen molar-refractivity contribution in [2.75, 3.05) is 19.4 Å². The summed E-state index contributed by atoms with van der Waals surface area (Å²) < 4.78 is 5.43. The van der Waals surface area contributed by atoms with Crippen LogP contribution in [-0.4, -0.2) is 30.7 Å². The van der Waals surface area contributed by atoms with Crippen molar-refractivity contribution in [2.24, 2.45) is 0 Å². The van der Waals surface area contributed by atoms with Gasteiger partial charge in [0.05, 0.1) is 6.10 Å². The van der Waals surface area contributed by atoms with Crippen LogP contribution in [0, 0.1) is 0 Å². The smallest absolute Gasteiger partial charge is 0.0598 e. The second-order valence-electron chi connectivity index (χ2n) is 4.90. The molecule has 1 aromatic rings. The maximum atomic E-state index is 5.99. The van der Waals surface area contributed by atoms with Gasteiger partial charge in [-0.25, -0.2) is 0 Å². The molecule has 3 nitrogen and oxygen atoms in total. The standard InChI is InChI=1S/C14H22N2O/c1-11-9-13(17-2)7-8-16(11)10-12-5-3-4-6-14(12)15/h3-6,11,13H,7-10,15H2,1-2H3. The van der Waals surface area contributed by atoms with Crippen LogP contribution in [0.3, 0.4) is 0 Å². The quantitative estimate of drug-likeness (QED) is 0.815. The Bertz CT molecular complexity index is 367. The second kappa shape index (κ2) is 5.52. The van der Waals surface area contributed by atoms with Crippen LogP contribution >= 0.6 is 0 Å². The molecule has 2 rings (SSSR count). The van der Waals surface area contributed by atoms with Crippen molar-refractivity contribution in [1.29, 1.82) is 0 Å². The number of hydrogen-bond acceptors (Lipinski definition) is 3. The Morgan fingerprint density at radius 2 is 2.18 bits per heavy atom. The molecule has 1 fully saturated rings. The number of ether oxygens (including phenoxy) is 1. The van der Waals surface area contributed by atoms with Gasteiger partial charge < -0.3 is 10.5 Å². The first-order valence-corrected chi connectivity index (χ1v) is 6.31. The zero-order chi connectivity index (χ0) is 12.3. The lowest BCUT2D eigenvalue weighted by molar-refractivity contribution is 0.0130. The number of methoxy groups -OCH3 is 1. The summed E-state index contributed by atoms with van der Waals surface area (Å²) in [6, 6.07) is 8.69. The first-order valence-electron chi connectivity index (χ1n) is 6.31. The fourth-order valence-corrected chi connectivity index (χ4v) is 2.52. The molecule has 17 heavy (non-hydrogen) atoms. The topological polar surface area (TPSA) is 38.5 Å². The van der Waals surface area contributed by atoms with Gasteiger partial charge in [0.15, 0.2) is 0 Å². The highest BCUT2D eigenvalue weighted by Crippen LogP contribution is 2.23. The summed E-state index contributed by atoms with van der Waals surface area (Å²) in [5.74, 6) is 0. The first-order chi connectivity index (χ1) is 8.20. The average molecular weight is 234 g/mol. The molecule has 1 aliphatic rings. The lowest BCUT2D eigenvalue weighted by Gasteiger charge is -2.37. The summed E-state index contributed by atoms with van der Waals surface area (Å²) in [7, 11) is 1.81. The molecule has 0 saturated carbocycles. The van der Waals surface area contributed by atoms with Gasteiger partial charge in [-0.2, -0.15) is 0 Å². The molecular weight excluding hydrogens is 212 g/mol. The van der Waals surface area contributed by atoms with Crippen molar-refractivity contribution >= 4 is 5.69 Å². The number of nitrogens with zero attached hydrogens (tertiary/aromatic N) is 1. The van der Waals surface area contributed by atoms with Crippen LogP contribution in [0.1, 0.15) is 25.3 Å². The molecule has 0 amide bonds. The van der Waals surface area contributed by atoms with E-state index < -0.39 is 0 Å². The van der Waals surface area contributed by atoms with Crippen molar-refractivity contribution in [3.63, 3.8) is 0 Å². The van der Waals surface area contributed by atoms with Crippen LogP contribution in [0.2, 0.25) is 0 Å². The monoisotopic (exact) mass is 234 g/mol. The van der Waals surface area contributed by atoms with Gasteiger partial charge in [-0.1, -0.05) is 18.2 Å². The van der Waals surface area contributed by atoms with E-state index in [-0.39, 0.29) is 0 Å². The molecule has 1 aromatic carbocycles. The molecule has 2 N–H and O–H groups in total. The molecule has 0 bridgehead atoms. The Labute approximate surface area is 104 Å². The van der Waals surface area contributed by atoms with Gasteiger partial charge in [0.25, 0.3) is 0 Å². The highest BCUT2D eigenvalue weighted by molar-refractivity contribution is 5.46. The van der Waals surface area contributed by atoms with Crippen LogP contribution in [0.15, 0.2) is 24.3 Å². The van der Waals surface area contributed by atoms with Crippen LogP contribution in [-0.2, 0) is 11.3 Å². The Kier molecular flexibility index (Phi) is 4.02. The number of para-hydroxylation sites is 1. The van der Waals surface area contributed by atoms with Gasteiger partial charge >= 0.3 is 0 Å². The molecule has 2 unspecified atom stereocenters. The number of nitrogen functional groups attached to an aromatic ring is 1. The van der Waals surface area contributed by atoms with Crippen molar-refractivity contribution in [2.45, 2.75) is 38.5 Å². The molecule has 0 aromatic heterocycles. The minimum Gasteiger partial charge on any atom is -0.398 e. The lowest BCUT2D eigenvalue weighted by Crippen LogP contribution is -2.42. The highest BCUT2D eigenvalue weighted by Gasteiger charge is 2.25. The Balaban J connectivity index is 1.98. The summed E-state index contributed by atoms with van der Waals surface area (Å²) in [5, 5.41) is 0. The number of likely N-dealkylation sites (tertiary alicyclic amines) is 1. The highest BCUT2D eigenvalue weighted by atomic mass is 16.5. The predicted octanol–water partition coefficient (Wildman–Crippen LogP) is 2.27. The first kappa shape index (κ1) is 12.4. The molecule has 1 heterocycles. The Morgan fingerprint density at radius 1 is 1.41 bits per heavy atom. The molecule has 1 saturated heterocycles. The number of nitrogens with two attached hydrogens (primary N) is 1. The Morgan fingerprint density at radius 3 is 2.82 bits per heavy atom. The van der Waals surface area contributed by atoms with Gasteiger partial charge in [0.2, 0.25) is 0 Å². The molecule has 0 radical (unpaired) electrons. The maximum absolute atomic E-state index is 5.99. The average Bonchev–Trinajstić information content (AvgIpc) is 2.34. The number of benzene rings is 1.